The van der Waals surface area contributed by atoms with Crippen molar-refractivity contribution < 1.29 is 19.1 Å². The zero-order valence-corrected chi connectivity index (χ0v) is 22.6. The number of pyridine rings is 1. The lowest BCUT2D eigenvalue weighted by Gasteiger charge is -2.21. The number of ether oxygens (including phenoxy) is 2. The van der Waals surface area contributed by atoms with Crippen molar-refractivity contribution in [3.8, 4) is 11.5 Å². The predicted octanol–water partition coefficient (Wildman–Crippen LogP) is 6.22. The first-order chi connectivity index (χ1) is 18.3. The van der Waals surface area contributed by atoms with Crippen LogP contribution in [0.4, 0.5) is 16.2 Å². The molecule has 0 spiro atoms. The van der Waals surface area contributed by atoms with Gasteiger partial charge in [-0.1, -0.05) is 41.4 Å². The molecule has 8 nitrogen and oxygen atoms in total. The first-order valence-corrected chi connectivity index (χ1v) is 12.4. The second-order valence-electron chi connectivity index (χ2n) is 8.42. The molecule has 0 unspecified atom stereocenters. The monoisotopic (exact) mass is 552 g/mol. The second kappa shape index (κ2) is 12.0. The molecule has 0 fully saturated rings. The van der Waals surface area contributed by atoms with E-state index < -0.39 is 6.03 Å². The molecule has 3 amide bonds. The molecule has 0 saturated carbocycles. The third-order valence-corrected chi connectivity index (χ3v) is 6.62. The van der Waals surface area contributed by atoms with E-state index in [-0.39, 0.29) is 24.1 Å². The number of carbonyl (C=O) groups is 2. The third-order valence-electron chi connectivity index (χ3n) is 5.84. The Balaban J connectivity index is 1.42. The summed E-state index contributed by atoms with van der Waals surface area (Å²) in [5, 5.41) is 6.85. The third kappa shape index (κ3) is 6.27. The van der Waals surface area contributed by atoms with Gasteiger partial charge in [-0.3, -0.25) is 4.79 Å². The molecule has 10 heteroatoms. The van der Waals surface area contributed by atoms with Gasteiger partial charge in [-0.2, -0.15) is 0 Å². The molecule has 0 aliphatic heterocycles. The van der Waals surface area contributed by atoms with E-state index in [0.717, 1.165) is 16.6 Å². The Hall–Kier alpha value is -4.01. The number of aryl methyl sites for hydroxylation is 1. The van der Waals surface area contributed by atoms with Gasteiger partial charge in [0.05, 0.1) is 24.4 Å². The lowest BCUT2D eigenvalue weighted by Crippen LogP contribution is -2.40. The van der Waals surface area contributed by atoms with Gasteiger partial charge in [0.2, 0.25) is 5.91 Å². The summed E-state index contributed by atoms with van der Waals surface area (Å²) < 4.78 is 11.2. The minimum Gasteiger partial charge on any atom is -0.497 e. The number of nitrogens with one attached hydrogen (secondary N) is 2. The van der Waals surface area contributed by atoms with Crippen LogP contribution in [-0.4, -0.2) is 37.6 Å². The van der Waals surface area contributed by atoms with Gasteiger partial charge in [-0.15, -0.1) is 0 Å². The number of likely N-dealkylation sites (N-methyl/N-ethyl adjacent to an activating group) is 1. The highest BCUT2D eigenvalue weighted by atomic mass is 35.5. The van der Waals surface area contributed by atoms with Crippen molar-refractivity contribution in [1.82, 2.24) is 10.3 Å². The number of nitrogens with zero attached hydrogens (tertiary/aromatic N) is 2. The summed E-state index contributed by atoms with van der Waals surface area (Å²) in [5.74, 6) is 0.890. The van der Waals surface area contributed by atoms with E-state index in [1.807, 2.05) is 37.3 Å². The van der Waals surface area contributed by atoms with E-state index in [1.165, 1.54) is 4.90 Å². The van der Waals surface area contributed by atoms with Crippen LogP contribution in [0, 0.1) is 6.92 Å². The molecule has 0 saturated heterocycles. The molecule has 4 aromatic rings. The second-order valence-corrected chi connectivity index (χ2v) is 9.20. The standard InChI is InChI=1S/C28H26Cl2N4O4/c1-17-7-8-18-5-4-6-24(27(18)32-17)38-16-21-22(29)13-14-23(26(21)30)34(2)25(35)15-31-28(36)33-19-9-11-20(37-3)12-10-19/h4-14H,15-16H2,1-3H3,(H2,31,33,36). The number of urea groups is 1. The van der Waals surface area contributed by atoms with Crippen molar-refractivity contribution in [2.24, 2.45) is 0 Å². The maximum atomic E-state index is 12.8. The highest BCUT2D eigenvalue weighted by Gasteiger charge is 2.19. The molecule has 196 valence electrons. The number of amides is 3. The number of benzene rings is 3. The van der Waals surface area contributed by atoms with Crippen LogP contribution in [0.2, 0.25) is 10.0 Å². The number of anilines is 2. The Labute approximate surface area is 230 Å². The topological polar surface area (TPSA) is 92.8 Å². The number of rotatable bonds is 8. The number of aromatic nitrogens is 1. The van der Waals surface area contributed by atoms with E-state index >= 15 is 0 Å². The van der Waals surface area contributed by atoms with E-state index in [9.17, 15) is 9.59 Å². The van der Waals surface area contributed by atoms with Crippen molar-refractivity contribution in [3.05, 3.63) is 88.0 Å². The van der Waals surface area contributed by atoms with Gasteiger partial charge < -0.3 is 25.0 Å². The molecule has 0 aliphatic rings. The molecule has 0 bridgehead atoms. The summed E-state index contributed by atoms with van der Waals surface area (Å²) in [5.41, 5.74) is 3.13. The Bertz CT molecular complexity index is 1480. The van der Waals surface area contributed by atoms with Crippen molar-refractivity contribution >= 4 is 57.4 Å². The fourth-order valence-electron chi connectivity index (χ4n) is 3.72. The maximum absolute atomic E-state index is 12.8. The average Bonchev–Trinajstić information content (AvgIpc) is 2.92. The van der Waals surface area contributed by atoms with Crippen LogP contribution in [0.25, 0.3) is 10.9 Å². The Morgan fingerprint density at radius 1 is 1.00 bits per heavy atom. The lowest BCUT2D eigenvalue weighted by molar-refractivity contribution is -0.117. The first-order valence-electron chi connectivity index (χ1n) is 11.7. The number of methoxy groups -OCH3 is 1. The average molecular weight is 553 g/mol. The van der Waals surface area contributed by atoms with E-state index in [0.29, 0.717) is 33.5 Å². The minimum atomic E-state index is -0.521. The zero-order valence-electron chi connectivity index (χ0n) is 21.0. The number of halogens is 2. The molecular weight excluding hydrogens is 527 g/mol. The number of hydrogen-bond donors (Lipinski definition) is 2. The lowest BCUT2D eigenvalue weighted by atomic mass is 10.1. The van der Waals surface area contributed by atoms with E-state index in [4.69, 9.17) is 32.7 Å². The van der Waals surface area contributed by atoms with Gasteiger partial charge in [0.25, 0.3) is 0 Å². The molecular formula is C28H26Cl2N4O4. The quantitative estimate of drug-likeness (QED) is 0.270. The molecule has 3 aromatic carbocycles. The van der Waals surface area contributed by atoms with Crippen LogP contribution in [0.3, 0.4) is 0 Å². The predicted molar refractivity (Wildman–Crippen MR) is 151 cm³/mol. The molecule has 2 N–H and O–H groups in total. The van der Waals surface area contributed by atoms with Gasteiger partial charge in [0, 0.05) is 34.4 Å². The smallest absolute Gasteiger partial charge is 0.319 e. The van der Waals surface area contributed by atoms with E-state index in [1.54, 1.807) is 50.6 Å². The Morgan fingerprint density at radius 3 is 2.50 bits per heavy atom. The van der Waals surface area contributed by atoms with Gasteiger partial charge in [-0.05, 0) is 55.5 Å². The highest BCUT2D eigenvalue weighted by molar-refractivity contribution is 6.38. The zero-order chi connectivity index (χ0) is 27.2. The van der Waals surface area contributed by atoms with E-state index in [2.05, 4.69) is 15.6 Å². The largest absolute Gasteiger partial charge is 0.497 e. The van der Waals surface area contributed by atoms with Crippen LogP contribution < -0.4 is 25.0 Å². The van der Waals surface area contributed by atoms with Crippen LogP contribution in [0.1, 0.15) is 11.3 Å². The molecule has 0 radical (unpaired) electrons. The van der Waals surface area contributed by atoms with Crippen molar-refractivity contribution in [2.45, 2.75) is 13.5 Å². The van der Waals surface area contributed by atoms with Gasteiger partial charge in [-0.25, -0.2) is 9.78 Å². The number of hydrogen-bond acceptors (Lipinski definition) is 5. The first kappa shape index (κ1) is 27.0. The summed E-state index contributed by atoms with van der Waals surface area (Å²) in [4.78, 5) is 31.0. The van der Waals surface area contributed by atoms with Crippen LogP contribution >= 0.6 is 23.2 Å². The fourth-order valence-corrected chi connectivity index (χ4v) is 4.33. The summed E-state index contributed by atoms with van der Waals surface area (Å²) >= 11 is 13.1. The maximum Gasteiger partial charge on any atom is 0.319 e. The van der Waals surface area contributed by atoms with Crippen molar-refractivity contribution in [1.29, 1.82) is 0 Å². The molecule has 38 heavy (non-hydrogen) atoms. The summed E-state index contributed by atoms with van der Waals surface area (Å²) in [6, 6.07) is 19.2. The summed E-state index contributed by atoms with van der Waals surface area (Å²) in [6.07, 6.45) is 0. The molecule has 0 atom stereocenters. The van der Waals surface area contributed by atoms with Crippen LogP contribution in [0.15, 0.2) is 66.7 Å². The molecule has 0 aliphatic carbocycles. The fraction of sp³-hybridized carbons (Fsp3) is 0.179. The number of carbonyl (C=O) groups excluding carboxylic acids is 2. The Morgan fingerprint density at radius 2 is 1.76 bits per heavy atom. The van der Waals surface area contributed by atoms with Crippen molar-refractivity contribution in [2.75, 3.05) is 30.9 Å². The normalized spacial score (nSPS) is 10.7. The SMILES string of the molecule is COc1ccc(NC(=O)NCC(=O)N(C)c2ccc(Cl)c(COc3cccc4ccc(C)nc34)c2Cl)cc1. The summed E-state index contributed by atoms with van der Waals surface area (Å²) in [6.45, 7) is 1.74. The molecule has 4 rings (SSSR count). The van der Waals surface area contributed by atoms with Gasteiger partial charge in [0.15, 0.2) is 0 Å². The van der Waals surface area contributed by atoms with Gasteiger partial charge >= 0.3 is 6.03 Å². The Kier molecular flexibility index (Phi) is 8.55. The van der Waals surface area contributed by atoms with Gasteiger partial charge in [0.1, 0.15) is 23.6 Å². The number of fused-ring (bicyclic) bond motifs is 1. The van der Waals surface area contributed by atoms with Crippen molar-refractivity contribution in [3.63, 3.8) is 0 Å². The van der Waals surface area contributed by atoms with Crippen LogP contribution in [-0.2, 0) is 11.4 Å². The molecule has 1 heterocycles. The summed E-state index contributed by atoms with van der Waals surface area (Å²) in [7, 11) is 3.13. The molecule has 1 aromatic heterocycles. The minimum absolute atomic E-state index is 0.0742. The highest BCUT2D eigenvalue weighted by Crippen LogP contribution is 2.35. The number of para-hydroxylation sites is 1. The van der Waals surface area contributed by atoms with Crippen LogP contribution in [0.5, 0.6) is 11.5 Å².